The Morgan fingerprint density at radius 2 is 1.03 bits per heavy atom. The molecule has 0 saturated carbocycles. The summed E-state index contributed by atoms with van der Waals surface area (Å²) in [6, 6.07) is 14.6. The van der Waals surface area contributed by atoms with Gasteiger partial charge >= 0.3 is 0 Å². The van der Waals surface area contributed by atoms with Gasteiger partial charge in [0.05, 0.1) is 59.0 Å². The van der Waals surface area contributed by atoms with Gasteiger partial charge in [-0.25, -0.2) is 0 Å². The lowest BCUT2D eigenvalue weighted by Crippen LogP contribution is -2.23. The highest BCUT2D eigenvalue weighted by atomic mass is 16.5. The van der Waals surface area contributed by atoms with E-state index in [0.717, 1.165) is 0 Å². The lowest BCUT2D eigenvalue weighted by Gasteiger charge is -2.22. The molecule has 0 unspecified atom stereocenters. The van der Waals surface area contributed by atoms with E-state index in [1.807, 2.05) is 36.4 Å². The Balaban J connectivity index is 2.32. The van der Waals surface area contributed by atoms with Gasteiger partial charge in [-0.2, -0.15) is 0 Å². The molecule has 0 aliphatic heterocycles. The molecule has 3 aromatic rings. The van der Waals surface area contributed by atoms with Gasteiger partial charge in [-0.3, -0.25) is 4.79 Å². The fraction of sp³-hybridized carbons (Fsp3) is 0.194. The van der Waals surface area contributed by atoms with Crippen molar-refractivity contribution in [3.8, 4) is 34.5 Å². The van der Waals surface area contributed by atoms with Crippen molar-refractivity contribution in [2.75, 3.05) is 42.7 Å². The summed E-state index contributed by atoms with van der Waals surface area (Å²) in [6.07, 6.45) is 4.75. The molecule has 0 atom stereocenters. The molecule has 8 heteroatoms. The SMILES string of the molecule is COc1cccc(OC)c1C(c1c(OC)cccc1OC)=c1c(OC)cc(=C2C=CC(N)=CC2=O)cc1OC. The highest BCUT2D eigenvalue weighted by molar-refractivity contribution is 6.25. The summed E-state index contributed by atoms with van der Waals surface area (Å²) in [5.74, 6) is 2.86. The molecule has 0 heterocycles. The van der Waals surface area contributed by atoms with E-state index in [1.54, 1.807) is 66.9 Å². The number of allylic oxidation sites excluding steroid dienone is 3. The van der Waals surface area contributed by atoms with E-state index in [1.165, 1.54) is 6.08 Å². The van der Waals surface area contributed by atoms with Crippen LogP contribution in [-0.2, 0) is 4.79 Å². The molecule has 1 aliphatic rings. The predicted octanol–water partition coefficient (Wildman–Crippen LogP) is 3.12. The Morgan fingerprint density at radius 3 is 1.38 bits per heavy atom. The first kappa shape index (κ1) is 27.2. The number of carbonyl (C=O) groups excluding carboxylic acids is 1. The van der Waals surface area contributed by atoms with Gasteiger partial charge < -0.3 is 34.2 Å². The molecule has 0 spiro atoms. The maximum atomic E-state index is 12.8. The number of benzene rings is 3. The van der Waals surface area contributed by atoms with E-state index in [9.17, 15) is 4.79 Å². The monoisotopic (exact) mass is 529 g/mol. The number of hydrogen-bond acceptors (Lipinski definition) is 8. The van der Waals surface area contributed by atoms with E-state index in [0.29, 0.717) is 72.9 Å². The van der Waals surface area contributed by atoms with Gasteiger partial charge in [0.15, 0.2) is 5.78 Å². The highest BCUT2D eigenvalue weighted by Gasteiger charge is 2.26. The highest BCUT2D eigenvalue weighted by Crippen LogP contribution is 2.44. The van der Waals surface area contributed by atoms with E-state index in [-0.39, 0.29) is 5.78 Å². The average Bonchev–Trinajstić information content (AvgIpc) is 2.97. The van der Waals surface area contributed by atoms with Crippen LogP contribution in [0.2, 0.25) is 0 Å². The largest absolute Gasteiger partial charge is 0.496 e. The normalized spacial score (nSPS) is 12.5. The average molecular weight is 530 g/mol. The molecule has 0 saturated heterocycles. The van der Waals surface area contributed by atoms with Crippen LogP contribution in [0.3, 0.4) is 0 Å². The smallest absolute Gasteiger partial charge is 0.188 e. The van der Waals surface area contributed by atoms with Crippen LogP contribution in [0, 0.1) is 0 Å². The summed E-state index contributed by atoms with van der Waals surface area (Å²) in [5.41, 5.74) is 8.55. The van der Waals surface area contributed by atoms with Crippen molar-refractivity contribution in [1.82, 2.24) is 0 Å². The predicted molar refractivity (Wildman–Crippen MR) is 149 cm³/mol. The maximum Gasteiger partial charge on any atom is 0.188 e. The quantitative estimate of drug-likeness (QED) is 0.476. The molecule has 2 N–H and O–H groups in total. The Hall–Kier alpha value is -4.85. The summed E-state index contributed by atoms with van der Waals surface area (Å²) in [4.78, 5) is 12.8. The topological polar surface area (TPSA) is 98.5 Å². The fourth-order valence-corrected chi connectivity index (χ4v) is 4.66. The van der Waals surface area contributed by atoms with Gasteiger partial charge in [0, 0.05) is 22.9 Å². The summed E-state index contributed by atoms with van der Waals surface area (Å²) in [5, 5.41) is 1.19. The molecule has 202 valence electrons. The van der Waals surface area contributed by atoms with Crippen molar-refractivity contribution in [2.24, 2.45) is 5.73 Å². The molecule has 0 aromatic heterocycles. The van der Waals surface area contributed by atoms with Crippen LogP contribution in [0.1, 0.15) is 11.1 Å². The van der Waals surface area contributed by atoms with Gasteiger partial charge in [-0.1, -0.05) is 12.1 Å². The van der Waals surface area contributed by atoms with Gasteiger partial charge in [0.2, 0.25) is 0 Å². The first-order chi connectivity index (χ1) is 18.9. The van der Waals surface area contributed by atoms with Crippen LogP contribution in [-0.4, -0.2) is 48.4 Å². The van der Waals surface area contributed by atoms with Crippen molar-refractivity contribution >= 4 is 16.9 Å². The second-order valence-corrected chi connectivity index (χ2v) is 8.46. The Bertz CT molecular complexity index is 1470. The molecule has 3 aromatic carbocycles. The Morgan fingerprint density at radius 1 is 0.615 bits per heavy atom. The van der Waals surface area contributed by atoms with E-state index in [4.69, 9.17) is 34.2 Å². The van der Waals surface area contributed by atoms with Gasteiger partial charge in [0.25, 0.3) is 0 Å². The number of ketones is 1. The van der Waals surface area contributed by atoms with Crippen LogP contribution in [0.25, 0.3) is 11.1 Å². The van der Waals surface area contributed by atoms with Crippen LogP contribution >= 0.6 is 0 Å². The molecular weight excluding hydrogens is 498 g/mol. The minimum atomic E-state index is -0.214. The third kappa shape index (κ3) is 5.01. The molecule has 0 bridgehead atoms. The molecule has 0 fully saturated rings. The van der Waals surface area contributed by atoms with Crippen molar-refractivity contribution in [3.05, 3.63) is 94.0 Å². The third-order valence-electron chi connectivity index (χ3n) is 6.43. The van der Waals surface area contributed by atoms with E-state index in [2.05, 4.69) is 0 Å². The van der Waals surface area contributed by atoms with Crippen molar-refractivity contribution in [3.63, 3.8) is 0 Å². The third-order valence-corrected chi connectivity index (χ3v) is 6.43. The van der Waals surface area contributed by atoms with Crippen molar-refractivity contribution < 1.29 is 33.2 Å². The molecule has 39 heavy (non-hydrogen) atoms. The molecule has 8 nitrogen and oxygen atoms in total. The molecule has 0 radical (unpaired) electrons. The Kier molecular flexibility index (Phi) is 8.15. The number of rotatable bonds is 8. The number of methoxy groups -OCH3 is 6. The Labute approximate surface area is 227 Å². The van der Waals surface area contributed by atoms with Crippen LogP contribution in [0.5, 0.6) is 34.5 Å². The number of hydrogen-bond donors (Lipinski definition) is 1. The molecule has 4 rings (SSSR count). The molecular formula is C31H31NO7. The summed E-state index contributed by atoms with van der Waals surface area (Å²) >= 11 is 0. The molecule has 0 amide bonds. The summed E-state index contributed by atoms with van der Waals surface area (Å²) in [7, 11) is 9.46. The van der Waals surface area contributed by atoms with Crippen molar-refractivity contribution in [1.29, 1.82) is 0 Å². The first-order valence-corrected chi connectivity index (χ1v) is 12.0. The zero-order chi connectivity index (χ0) is 28.1. The first-order valence-electron chi connectivity index (χ1n) is 12.0. The van der Waals surface area contributed by atoms with Gasteiger partial charge in [-0.05, 0) is 53.8 Å². The zero-order valence-corrected chi connectivity index (χ0v) is 22.8. The van der Waals surface area contributed by atoms with Gasteiger partial charge in [0.1, 0.15) is 34.5 Å². The maximum absolute atomic E-state index is 12.8. The number of ether oxygens (including phenoxy) is 6. The number of nitrogens with two attached hydrogens (primary N) is 1. The van der Waals surface area contributed by atoms with Crippen LogP contribution in [0.15, 0.2) is 72.5 Å². The summed E-state index contributed by atoms with van der Waals surface area (Å²) in [6.45, 7) is 0. The summed E-state index contributed by atoms with van der Waals surface area (Å²) < 4.78 is 35.1. The number of carbonyl (C=O) groups is 1. The van der Waals surface area contributed by atoms with E-state index < -0.39 is 0 Å². The zero-order valence-electron chi connectivity index (χ0n) is 22.8. The fourth-order valence-electron chi connectivity index (χ4n) is 4.66. The van der Waals surface area contributed by atoms with Crippen LogP contribution in [0.4, 0.5) is 0 Å². The lowest BCUT2D eigenvalue weighted by atomic mass is 9.91. The van der Waals surface area contributed by atoms with Crippen LogP contribution < -0.4 is 44.6 Å². The minimum Gasteiger partial charge on any atom is -0.496 e. The second kappa shape index (κ2) is 11.7. The minimum absolute atomic E-state index is 0.214. The lowest BCUT2D eigenvalue weighted by molar-refractivity contribution is -0.109. The standard InChI is InChI=1S/C31H31NO7/c1-34-22-9-7-10-23(35-2)28(22)31(29-24(36-3)11-8-12-25(29)37-4)30-26(38-5)15-18(16-27(30)39-6)20-14-13-19(32)17-21(20)33/h7-17H,32H2,1-6H3. The molecule has 1 aliphatic carbocycles. The van der Waals surface area contributed by atoms with Crippen molar-refractivity contribution in [2.45, 2.75) is 0 Å². The van der Waals surface area contributed by atoms with Gasteiger partial charge in [-0.15, -0.1) is 0 Å². The van der Waals surface area contributed by atoms with E-state index >= 15 is 0 Å². The second-order valence-electron chi connectivity index (χ2n) is 8.46.